The van der Waals surface area contributed by atoms with Crippen LogP contribution in [0.25, 0.3) is 0 Å². The zero-order chi connectivity index (χ0) is 34.8. The van der Waals surface area contributed by atoms with Crippen LogP contribution in [0, 0.1) is 23.2 Å². The SMILES string of the molecule is CC(=O)O[C@@H]1[C@H](C)[C@@H]2[C@H](OC(C)=O)C3=C(C)C(=O)O[C@H]3[C@@H](Cl)/C(C)=C\C[C@H](OC(C)=O)[C@@]2(C)[C@@H](OC(C)=O)[C@@H]1OC(=O)CC(C)C. The average Bonchev–Trinajstić information content (AvgIpc) is 3.21. The molecule has 256 valence electrons. The molecule has 3 rings (SSSR count). The smallest absolute Gasteiger partial charge is 0.334 e. The van der Waals surface area contributed by atoms with E-state index in [1.165, 1.54) is 34.6 Å². The van der Waals surface area contributed by atoms with Gasteiger partial charge in [0.25, 0.3) is 0 Å². The summed E-state index contributed by atoms with van der Waals surface area (Å²) in [7, 11) is 0. The Morgan fingerprint density at radius 1 is 0.913 bits per heavy atom. The first kappa shape index (κ1) is 37.1. The minimum atomic E-state index is -1.50. The lowest BCUT2D eigenvalue weighted by Gasteiger charge is -2.58. The Kier molecular flexibility index (Phi) is 11.7. The van der Waals surface area contributed by atoms with Crippen molar-refractivity contribution in [1.82, 2.24) is 0 Å². The molecule has 0 unspecified atom stereocenters. The third kappa shape index (κ3) is 7.58. The molecule has 0 radical (unpaired) electrons. The second kappa shape index (κ2) is 14.6. The molecule has 0 N–H and O–H groups in total. The van der Waals surface area contributed by atoms with E-state index in [4.69, 9.17) is 40.0 Å². The zero-order valence-electron chi connectivity index (χ0n) is 28.0. The van der Waals surface area contributed by atoms with Crippen molar-refractivity contribution in [3.8, 4) is 0 Å². The maximum atomic E-state index is 13.2. The Bertz CT molecular complexity index is 1320. The largest absolute Gasteiger partial charge is 0.461 e. The maximum Gasteiger partial charge on any atom is 0.334 e. The fourth-order valence-corrected chi connectivity index (χ4v) is 7.44. The first-order valence-electron chi connectivity index (χ1n) is 15.4. The van der Waals surface area contributed by atoms with E-state index in [1.807, 2.05) is 13.8 Å². The van der Waals surface area contributed by atoms with Gasteiger partial charge in [0.05, 0.1) is 10.8 Å². The number of rotatable bonds is 7. The lowest BCUT2D eigenvalue weighted by atomic mass is 9.53. The van der Waals surface area contributed by atoms with Crippen molar-refractivity contribution in [2.24, 2.45) is 23.2 Å². The fraction of sp³-hybridized carbons (Fsp3) is 0.697. The van der Waals surface area contributed by atoms with Crippen LogP contribution in [0.1, 0.15) is 82.1 Å². The molecule has 0 aromatic carbocycles. The van der Waals surface area contributed by atoms with Gasteiger partial charge in [-0.1, -0.05) is 39.3 Å². The zero-order valence-corrected chi connectivity index (χ0v) is 28.8. The number of ether oxygens (including phenoxy) is 6. The molecular formula is C33H45ClO12. The predicted octanol–water partition coefficient (Wildman–Crippen LogP) is 4.14. The van der Waals surface area contributed by atoms with E-state index in [1.54, 1.807) is 26.8 Å². The van der Waals surface area contributed by atoms with Crippen LogP contribution in [0.5, 0.6) is 0 Å². The Hall–Kier alpha value is -3.41. The standard InChI is InChI=1S/C33H45ClO12/c1-14(2)13-23(39)45-30-27(42-19(7)36)17(5)25-28(43-20(8)37)24-16(4)32(40)46-29(24)26(34)15(3)11-12-22(41-18(6)35)33(25,10)31(30)44-21(9)38/h11,14,17,22,25-31H,12-13H2,1-10H3/b15-11-/t17-,22+,25-,26+,27-,28-,29-,30-,31+,33-/m1/s1. The molecule has 2 aliphatic carbocycles. The molecule has 1 fully saturated rings. The van der Waals surface area contributed by atoms with E-state index in [0.717, 1.165) is 0 Å². The summed E-state index contributed by atoms with van der Waals surface area (Å²) in [6.07, 6.45) is -5.58. The van der Waals surface area contributed by atoms with Gasteiger partial charge in [-0.05, 0) is 19.8 Å². The van der Waals surface area contributed by atoms with Gasteiger partial charge in [0.15, 0.2) is 12.2 Å². The first-order chi connectivity index (χ1) is 21.3. The molecule has 0 amide bonds. The van der Waals surface area contributed by atoms with Gasteiger partial charge in [-0.3, -0.25) is 24.0 Å². The summed E-state index contributed by atoms with van der Waals surface area (Å²) in [5.74, 6) is -6.03. The van der Waals surface area contributed by atoms with Gasteiger partial charge in [0, 0.05) is 63.5 Å². The Balaban J connectivity index is 2.49. The van der Waals surface area contributed by atoms with Crippen molar-refractivity contribution in [1.29, 1.82) is 0 Å². The van der Waals surface area contributed by atoms with E-state index in [-0.39, 0.29) is 29.9 Å². The fourth-order valence-electron chi connectivity index (χ4n) is 7.16. The molecule has 1 heterocycles. The van der Waals surface area contributed by atoms with Gasteiger partial charge < -0.3 is 28.4 Å². The van der Waals surface area contributed by atoms with Gasteiger partial charge in [-0.2, -0.15) is 0 Å². The highest BCUT2D eigenvalue weighted by Crippen LogP contribution is 2.56. The molecule has 1 saturated carbocycles. The normalized spacial score (nSPS) is 35.4. The summed E-state index contributed by atoms with van der Waals surface area (Å²) >= 11 is 6.90. The number of carbonyl (C=O) groups is 6. The average molecular weight is 669 g/mol. The topological polar surface area (TPSA) is 158 Å². The lowest BCUT2D eigenvalue weighted by molar-refractivity contribution is -0.260. The summed E-state index contributed by atoms with van der Waals surface area (Å²) in [5, 5.41) is -0.881. The van der Waals surface area contributed by atoms with Crippen LogP contribution in [-0.2, 0) is 57.2 Å². The number of alkyl halides is 1. The summed E-state index contributed by atoms with van der Waals surface area (Å²) in [6.45, 7) is 15.1. The van der Waals surface area contributed by atoms with Gasteiger partial charge in [0.2, 0.25) is 0 Å². The van der Waals surface area contributed by atoms with Crippen LogP contribution in [0.15, 0.2) is 22.8 Å². The van der Waals surface area contributed by atoms with Gasteiger partial charge >= 0.3 is 35.8 Å². The van der Waals surface area contributed by atoms with E-state index in [9.17, 15) is 28.8 Å². The highest BCUT2D eigenvalue weighted by atomic mass is 35.5. The maximum absolute atomic E-state index is 13.2. The molecule has 46 heavy (non-hydrogen) atoms. The molecule has 12 nitrogen and oxygen atoms in total. The molecule has 0 spiro atoms. The van der Waals surface area contributed by atoms with E-state index >= 15 is 0 Å². The minimum absolute atomic E-state index is 0.0142. The van der Waals surface area contributed by atoms with Crippen LogP contribution in [0.3, 0.4) is 0 Å². The predicted molar refractivity (Wildman–Crippen MR) is 163 cm³/mol. The molecule has 1 aliphatic heterocycles. The number of esters is 6. The highest BCUT2D eigenvalue weighted by Gasteiger charge is 2.67. The van der Waals surface area contributed by atoms with E-state index in [0.29, 0.717) is 5.57 Å². The minimum Gasteiger partial charge on any atom is -0.461 e. The molecule has 0 saturated heterocycles. The van der Waals surface area contributed by atoms with Crippen LogP contribution >= 0.6 is 11.6 Å². The van der Waals surface area contributed by atoms with E-state index < -0.39 is 95.1 Å². The highest BCUT2D eigenvalue weighted by molar-refractivity contribution is 6.23. The third-order valence-corrected chi connectivity index (χ3v) is 9.61. The first-order valence-corrected chi connectivity index (χ1v) is 15.8. The quantitative estimate of drug-likeness (QED) is 0.165. The van der Waals surface area contributed by atoms with E-state index in [2.05, 4.69) is 0 Å². The molecule has 10 atom stereocenters. The van der Waals surface area contributed by atoms with Crippen LogP contribution < -0.4 is 0 Å². The monoisotopic (exact) mass is 668 g/mol. The Morgan fingerprint density at radius 3 is 2.00 bits per heavy atom. The third-order valence-electron chi connectivity index (χ3n) is 9.04. The number of hydrogen-bond acceptors (Lipinski definition) is 12. The van der Waals surface area contributed by atoms with Crippen molar-refractivity contribution >= 4 is 47.4 Å². The van der Waals surface area contributed by atoms with Crippen LogP contribution in [0.4, 0.5) is 0 Å². The number of halogens is 1. The van der Waals surface area contributed by atoms with Crippen molar-refractivity contribution in [3.63, 3.8) is 0 Å². The number of carbonyl (C=O) groups excluding carboxylic acids is 6. The van der Waals surface area contributed by atoms with Crippen molar-refractivity contribution in [3.05, 3.63) is 22.8 Å². The second-order valence-corrected chi connectivity index (χ2v) is 13.5. The lowest BCUT2D eigenvalue weighted by Crippen LogP contribution is -2.69. The molecular weight excluding hydrogens is 624 g/mol. The summed E-state index contributed by atoms with van der Waals surface area (Å²) in [5.41, 5.74) is -0.487. The summed E-state index contributed by atoms with van der Waals surface area (Å²) in [4.78, 5) is 77.2. The Morgan fingerprint density at radius 2 is 1.48 bits per heavy atom. The summed E-state index contributed by atoms with van der Waals surface area (Å²) in [6, 6.07) is 0. The Labute approximate surface area is 274 Å². The van der Waals surface area contributed by atoms with Crippen LogP contribution in [-0.4, -0.2) is 77.8 Å². The van der Waals surface area contributed by atoms with Crippen LogP contribution in [0.2, 0.25) is 0 Å². The van der Waals surface area contributed by atoms with Gasteiger partial charge in [0.1, 0.15) is 24.4 Å². The molecule has 0 aromatic rings. The molecule has 0 aromatic heterocycles. The number of hydrogen-bond donors (Lipinski definition) is 0. The van der Waals surface area contributed by atoms with Gasteiger partial charge in [-0.25, -0.2) is 4.79 Å². The molecule has 13 heteroatoms. The second-order valence-electron chi connectivity index (χ2n) is 13.0. The molecule has 0 bridgehead atoms. The van der Waals surface area contributed by atoms with Crippen molar-refractivity contribution in [2.75, 3.05) is 0 Å². The van der Waals surface area contributed by atoms with Crippen molar-refractivity contribution in [2.45, 2.75) is 124 Å². The van der Waals surface area contributed by atoms with Crippen molar-refractivity contribution < 1.29 is 57.2 Å². The number of fused-ring (bicyclic) bond motifs is 2. The summed E-state index contributed by atoms with van der Waals surface area (Å²) < 4.78 is 35.5. The molecule has 3 aliphatic rings. The van der Waals surface area contributed by atoms with Gasteiger partial charge in [-0.15, -0.1) is 11.6 Å².